The number of amides is 1. The van der Waals surface area contributed by atoms with Gasteiger partial charge in [-0.05, 0) is 30.4 Å². The average molecular weight is 337 g/mol. The van der Waals surface area contributed by atoms with Crippen LogP contribution in [0.2, 0.25) is 0 Å². The van der Waals surface area contributed by atoms with Crippen LogP contribution < -0.4 is 5.32 Å². The molecule has 7 heteroatoms. The minimum atomic E-state index is -4.31. The first-order valence-electron chi connectivity index (χ1n) is 7.86. The van der Waals surface area contributed by atoms with Crippen molar-refractivity contribution in [3.05, 3.63) is 53.3 Å². The number of hydrogen-bond acceptors (Lipinski definition) is 2. The monoisotopic (exact) mass is 337 g/mol. The first-order chi connectivity index (χ1) is 11.4. The molecular formula is C17H18F3N3O. The van der Waals surface area contributed by atoms with Crippen LogP contribution in [0.15, 0.2) is 36.7 Å². The van der Waals surface area contributed by atoms with Crippen LogP contribution in [-0.4, -0.2) is 21.9 Å². The highest BCUT2D eigenvalue weighted by molar-refractivity contribution is 5.84. The predicted octanol–water partition coefficient (Wildman–Crippen LogP) is 3.18. The van der Waals surface area contributed by atoms with Crippen LogP contribution in [0.25, 0.3) is 0 Å². The van der Waals surface area contributed by atoms with E-state index >= 15 is 0 Å². The molecule has 0 aliphatic heterocycles. The van der Waals surface area contributed by atoms with E-state index in [1.165, 1.54) is 18.0 Å². The van der Waals surface area contributed by atoms with Gasteiger partial charge in [0.1, 0.15) is 6.54 Å². The average Bonchev–Trinajstić information content (AvgIpc) is 2.97. The smallest absolute Gasteiger partial charge is 0.351 e. The van der Waals surface area contributed by atoms with Gasteiger partial charge < -0.3 is 5.32 Å². The van der Waals surface area contributed by atoms with Gasteiger partial charge in [0.05, 0.1) is 12.1 Å². The number of aromatic nitrogens is 2. The van der Waals surface area contributed by atoms with Crippen molar-refractivity contribution in [3.8, 4) is 0 Å². The number of nitrogens with zero attached hydrogens (tertiary/aromatic N) is 2. The first kappa shape index (κ1) is 16.5. The molecule has 0 radical (unpaired) electrons. The summed E-state index contributed by atoms with van der Waals surface area (Å²) in [6, 6.07) is 7.90. The summed E-state index contributed by atoms with van der Waals surface area (Å²) in [4.78, 5) is 12.5. The molecule has 0 fully saturated rings. The Morgan fingerprint density at radius 1 is 1.33 bits per heavy atom. The molecule has 4 nitrogen and oxygen atoms in total. The van der Waals surface area contributed by atoms with Crippen molar-refractivity contribution >= 4 is 5.91 Å². The normalized spacial score (nSPS) is 17.4. The van der Waals surface area contributed by atoms with Gasteiger partial charge in [0.25, 0.3) is 0 Å². The molecule has 0 bridgehead atoms. The summed E-state index contributed by atoms with van der Waals surface area (Å²) in [5.74, 6) is -0.286. The number of halogens is 3. The number of carbonyl (C=O) groups excluding carboxylic acids is 1. The predicted molar refractivity (Wildman–Crippen MR) is 82.2 cm³/mol. The third kappa shape index (κ3) is 3.96. The highest BCUT2D eigenvalue weighted by Crippen LogP contribution is 2.31. The van der Waals surface area contributed by atoms with E-state index in [9.17, 15) is 18.0 Å². The van der Waals surface area contributed by atoms with Gasteiger partial charge >= 0.3 is 6.18 Å². The van der Waals surface area contributed by atoms with Gasteiger partial charge in [0.15, 0.2) is 0 Å². The lowest BCUT2D eigenvalue weighted by Crippen LogP contribution is -2.31. The number of nitrogens with one attached hydrogen (secondary N) is 1. The van der Waals surface area contributed by atoms with Crippen molar-refractivity contribution in [3.63, 3.8) is 0 Å². The van der Waals surface area contributed by atoms with Crippen LogP contribution in [0.5, 0.6) is 0 Å². The van der Waals surface area contributed by atoms with Gasteiger partial charge in [0.2, 0.25) is 5.91 Å². The molecule has 128 valence electrons. The number of aryl methyl sites for hydroxylation is 1. The Labute approximate surface area is 137 Å². The van der Waals surface area contributed by atoms with Crippen LogP contribution in [-0.2, 0) is 24.3 Å². The van der Waals surface area contributed by atoms with E-state index in [2.05, 4.69) is 10.4 Å². The zero-order valence-electron chi connectivity index (χ0n) is 13.0. The maximum absolute atomic E-state index is 12.5. The minimum Gasteiger partial charge on any atom is -0.351 e. The summed E-state index contributed by atoms with van der Waals surface area (Å²) in [6.45, 7) is -0.952. The second-order valence-corrected chi connectivity index (χ2v) is 6.02. The molecule has 1 N–H and O–H groups in total. The highest BCUT2D eigenvalue weighted by atomic mass is 19.4. The molecule has 0 saturated carbocycles. The summed E-state index contributed by atoms with van der Waals surface area (Å²) < 4.78 is 37.8. The van der Waals surface area contributed by atoms with Crippen LogP contribution in [0, 0.1) is 0 Å². The second-order valence-electron chi connectivity index (χ2n) is 6.02. The summed E-state index contributed by atoms with van der Waals surface area (Å²) in [5.41, 5.74) is 2.80. The molecule has 24 heavy (non-hydrogen) atoms. The molecular weight excluding hydrogens is 319 g/mol. The lowest BCUT2D eigenvalue weighted by atomic mass is 9.82. The zero-order valence-corrected chi connectivity index (χ0v) is 13.0. The van der Waals surface area contributed by atoms with E-state index in [0.717, 1.165) is 29.5 Å². The van der Waals surface area contributed by atoms with Gasteiger partial charge in [-0.2, -0.15) is 18.3 Å². The van der Waals surface area contributed by atoms with E-state index < -0.39 is 12.7 Å². The SMILES string of the molecule is O=C(NCc1cnn(CC(F)(F)F)c1)C1CCCc2ccccc21. The number of rotatable bonds is 4. The Hall–Kier alpha value is -2.31. The van der Waals surface area contributed by atoms with Gasteiger partial charge in [-0.3, -0.25) is 9.48 Å². The molecule has 2 aromatic rings. The lowest BCUT2D eigenvalue weighted by Gasteiger charge is -2.24. The topological polar surface area (TPSA) is 46.9 Å². The van der Waals surface area contributed by atoms with Gasteiger partial charge in [-0.25, -0.2) is 0 Å². The molecule has 1 atom stereocenters. The maximum Gasteiger partial charge on any atom is 0.408 e. The van der Waals surface area contributed by atoms with Gasteiger partial charge in [-0.1, -0.05) is 24.3 Å². The Kier molecular flexibility index (Phi) is 4.59. The van der Waals surface area contributed by atoms with Gasteiger partial charge in [-0.15, -0.1) is 0 Å². The second kappa shape index (κ2) is 6.67. The van der Waals surface area contributed by atoms with Gasteiger partial charge in [0, 0.05) is 18.3 Å². The summed E-state index contributed by atoms with van der Waals surface area (Å²) >= 11 is 0. The van der Waals surface area contributed by atoms with Crippen LogP contribution in [0.1, 0.15) is 35.4 Å². The van der Waals surface area contributed by atoms with Crippen molar-refractivity contribution in [2.24, 2.45) is 0 Å². The molecule has 0 saturated heterocycles. The number of hydrogen-bond donors (Lipinski definition) is 1. The first-order valence-corrected chi connectivity index (χ1v) is 7.86. The fraction of sp³-hybridized carbons (Fsp3) is 0.412. The number of alkyl halides is 3. The van der Waals surface area contributed by atoms with Crippen molar-refractivity contribution < 1.29 is 18.0 Å². The lowest BCUT2D eigenvalue weighted by molar-refractivity contribution is -0.142. The summed E-state index contributed by atoms with van der Waals surface area (Å²) in [5, 5.41) is 6.49. The number of benzene rings is 1. The van der Waals surface area contributed by atoms with Crippen molar-refractivity contribution in [1.29, 1.82) is 0 Å². The third-order valence-corrected chi connectivity index (χ3v) is 4.18. The molecule has 0 spiro atoms. The zero-order chi connectivity index (χ0) is 17.2. The molecule has 1 heterocycles. The third-order valence-electron chi connectivity index (χ3n) is 4.18. The summed E-state index contributed by atoms with van der Waals surface area (Å²) in [6.07, 6.45) is 1.07. The van der Waals surface area contributed by atoms with E-state index in [1.807, 2.05) is 24.3 Å². The summed E-state index contributed by atoms with van der Waals surface area (Å²) in [7, 11) is 0. The van der Waals surface area contributed by atoms with E-state index in [1.54, 1.807) is 0 Å². The quantitative estimate of drug-likeness (QED) is 0.931. The molecule has 1 aromatic heterocycles. The van der Waals surface area contributed by atoms with E-state index in [-0.39, 0.29) is 18.4 Å². The molecule has 1 amide bonds. The molecule has 1 aromatic carbocycles. The standard InChI is InChI=1S/C17H18F3N3O/c18-17(19,20)11-23-10-12(9-22-23)8-21-16(24)15-7-3-5-13-4-1-2-6-14(13)15/h1-2,4,6,9-10,15H,3,5,7-8,11H2,(H,21,24). The van der Waals surface area contributed by atoms with E-state index in [4.69, 9.17) is 0 Å². The van der Waals surface area contributed by atoms with Crippen molar-refractivity contribution in [1.82, 2.24) is 15.1 Å². The number of carbonyl (C=O) groups is 1. The fourth-order valence-corrected chi connectivity index (χ4v) is 3.11. The molecule has 1 unspecified atom stereocenters. The van der Waals surface area contributed by atoms with Crippen LogP contribution in [0.3, 0.4) is 0 Å². The minimum absolute atomic E-state index is 0.0919. The van der Waals surface area contributed by atoms with Crippen molar-refractivity contribution in [2.75, 3.05) is 0 Å². The molecule has 1 aliphatic rings. The Bertz CT molecular complexity index is 724. The van der Waals surface area contributed by atoms with Crippen LogP contribution >= 0.6 is 0 Å². The van der Waals surface area contributed by atoms with E-state index in [0.29, 0.717) is 5.56 Å². The molecule has 3 rings (SSSR count). The van der Waals surface area contributed by atoms with Crippen molar-refractivity contribution in [2.45, 2.75) is 44.4 Å². The maximum atomic E-state index is 12.5. The Balaban J connectivity index is 1.61. The Morgan fingerprint density at radius 3 is 2.92 bits per heavy atom. The van der Waals surface area contributed by atoms with Crippen LogP contribution in [0.4, 0.5) is 13.2 Å². The largest absolute Gasteiger partial charge is 0.408 e. The fourth-order valence-electron chi connectivity index (χ4n) is 3.11. The Morgan fingerprint density at radius 2 is 2.12 bits per heavy atom. The molecule has 1 aliphatic carbocycles. The highest BCUT2D eigenvalue weighted by Gasteiger charge is 2.28. The number of fused-ring (bicyclic) bond motifs is 1.